The van der Waals surface area contributed by atoms with Crippen molar-refractivity contribution < 1.29 is 82.2 Å². The molecule has 0 saturated carbocycles. The van der Waals surface area contributed by atoms with Crippen LogP contribution in [-0.4, -0.2) is 6.15 Å². The SMILES string of the molecule is Cc1c(F)cc(F)c([B-](c2c(F)cc(F)c(C)c2F)(c2c(F)cc(F)c(C)c2F)c2c(F)cc(F)c(C)c2F)c1F.[Na+]. The molecule has 0 N–H and O–H groups in total. The summed E-state index contributed by atoms with van der Waals surface area (Å²) in [4.78, 5) is 0. The third-order valence-electron chi connectivity index (χ3n) is 7.47. The van der Waals surface area contributed by atoms with Gasteiger partial charge in [0.05, 0.1) is 46.5 Å². The molecule has 0 fully saturated rings. The van der Waals surface area contributed by atoms with Crippen LogP contribution < -0.4 is 51.4 Å². The van der Waals surface area contributed by atoms with Crippen molar-refractivity contribution in [2.24, 2.45) is 0 Å². The van der Waals surface area contributed by atoms with E-state index < -0.39 is 120 Å². The van der Waals surface area contributed by atoms with Gasteiger partial charge in [0.1, 0.15) is 29.4 Å². The first-order valence-electron chi connectivity index (χ1n) is 11.7. The summed E-state index contributed by atoms with van der Waals surface area (Å²) in [6.07, 6.45) is -5.22. The molecule has 14 heteroatoms. The fraction of sp³-hybridized carbons (Fsp3) is 0.143. The first-order valence-corrected chi connectivity index (χ1v) is 11.7. The van der Waals surface area contributed by atoms with Crippen molar-refractivity contribution in [3.05, 3.63) is 116 Å². The second kappa shape index (κ2) is 11.7. The largest absolute Gasteiger partial charge is 1.00 e. The molecule has 0 aliphatic rings. The molecule has 0 nitrogen and oxygen atoms in total. The van der Waals surface area contributed by atoms with Crippen molar-refractivity contribution >= 4 is 28.0 Å². The quantitative estimate of drug-likeness (QED) is 0.245. The number of benzene rings is 4. The van der Waals surface area contributed by atoms with Crippen LogP contribution in [0.5, 0.6) is 0 Å². The Bertz CT molecular complexity index is 1510. The number of rotatable bonds is 4. The zero-order valence-electron chi connectivity index (χ0n) is 22.4. The molecule has 0 amide bonds. The number of halogens is 12. The van der Waals surface area contributed by atoms with E-state index in [1.54, 1.807) is 0 Å². The maximum absolute atomic E-state index is 16.0. The smallest absolute Gasteiger partial charge is 0.210 e. The summed E-state index contributed by atoms with van der Waals surface area (Å²) < 4.78 is 184. The fourth-order valence-electron chi connectivity index (χ4n) is 5.29. The molecule has 4 aromatic rings. The third kappa shape index (κ3) is 4.73. The van der Waals surface area contributed by atoms with Gasteiger partial charge >= 0.3 is 29.6 Å². The number of hydrogen-bond acceptors (Lipinski definition) is 0. The normalized spacial score (nSPS) is 11.6. The molecular weight excluding hydrogens is 598 g/mol. The van der Waals surface area contributed by atoms with Crippen LogP contribution >= 0.6 is 0 Å². The van der Waals surface area contributed by atoms with Crippen molar-refractivity contribution in [2.45, 2.75) is 27.7 Å². The topological polar surface area (TPSA) is 0 Å². The Morgan fingerprint density at radius 3 is 0.667 bits per heavy atom. The van der Waals surface area contributed by atoms with E-state index in [0.717, 1.165) is 0 Å². The van der Waals surface area contributed by atoms with E-state index in [-0.39, 0.29) is 53.8 Å². The molecule has 0 aromatic heterocycles. The second-order valence-electron chi connectivity index (χ2n) is 9.64. The van der Waals surface area contributed by atoms with Crippen LogP contribution in [0.4, 0.5) is 52.7 Å². The summed E-state index contributed by atoms with van der Waals surface area (Å²) in [7, 11) is 0. The monoisotopic (exact) mass is 614 g/mol. The van der Waals surface area contributed by atoms with Crippen LogP contribution in [0.25, 0.3) is 0 Å². The summed E-state index contributed by atoms with van der Waals surface area (Å²) in [5.74, 6) is -23.4. The molecule has 0 radical (unpaired) electrons. The Balaban J connectivity index is 0.00000484. The van der Waals surface area contributed by atoms with Crippen LogP contribution in [0, 0.1) is 97.5 Å². The molecule has 216 valence electrons. The van der Waals surface area contributed by atoms with Gasteiger partial charge in [-0.1, -0.05) is 0 Å². The van der Waals surface area contributed by atoms with E-state index in [1.807, 2.05) is 0 Å². The molecule has 0 saturated heterocycles. The van der Waals surface area contributed by atoms with Crippen molar-refractivity contribution in [2.75, 3.05) is 0 Å². The molecule has 0 unspecified atom stereocenters. The van der Waals surface area contributed by atoms with E-state index in [9.17, 15) is 17.6 Å². The number of hydrogen-bond donors (Lipinski definition) is 0. The van der Waals surface area contributed by atoms with Gasteiger partial charge in [-0.05, 0) is 27.7 Å². The molecule has 4 rings (SSSR count). The van der Waals surface area contributed by atoms with Gasteiger partial charge in [-0.2, -0.15) is 0 Å². The zero-order chi connectivity index (χ0) is 30.9. The van der Waals surface area contributed by atoms with Gasteiger partial charge < -0.3 is 0 Å². The van der Waals surface area contributed by atoms with Gasteiger partial charge in [0.15, 0.2) is 0 Å². The Kier molecular flexibility index (Phi) is 9.32. The summed E-state index contributed by atoms with van der Waals surface area (Å²) in [6.45, 7) is 2.68. The van der Waals surface area contributed by atoms with Crippen molar-refractivity contribution in [1.29, 1.82) is 0 Å². The minimum absolute atomic E-state index is 0. The maximum atomic E-state index is 16.0. The van der Waals surface area contributed by atoms with Crippen LogP contribution in [0.15, 0.2) is 24.3 Å². The third-order valence-corrected chi connectivity index (χ3v) is 7.47. The first-order chi connectivity index (χ1) is 19.0. The molecule has 42 heavy (non-hydrogen) atoms. The van der Waals surface area contributed by atoms with Crippen LogP contribution in [-0.2, 0) is 0 Å². The van der Waals surface area contributed by atoms with E-state index in [1.165, 1.54) is 0 Å². The Labute approximate surface area is 253 Å². The van der Waals surface area contributed by atoms with E-state index in [4.69, 9.17) is 0 Å². The minimum atomic E-state index is -5.22. The summed E-state index contributed by atoms with van der Waals surface area (Å²) in [5, 5.41) is 0. The Hall–Kier alpha value is -2.90. The van der Waals surface area contributed by atoms with E-state index in [0.29, 0.717) is 27.7 Å². The van der Waals surface area contributed by atoms with Crippen LogP contribution in [0.2, 0.25) is 0 Å². The van der Waals surface area contributed by atoms with Gasteiger partial charge in [0.2, 0.25) is 0 Å². The fourth-order valence-corrected chi connectivity index (χ4v) is 5.29. The molecule has 0 spiro atoms. The van der Waals surface area contributed by atoms with Crippen LogP contribution in [0.1, 0.15) is 22.3 Å². The van der Waals surface area contributed by atoms with Gasteiger partial charge in [0.25, 0.3) is 0 Å². The second-order valence-corrected chi connectivity index (χ2v) is 9.64. The molecule has 4 aromatic carbocycles. The molecule has 0 bridgehead atoms. The minimum Gasteiger partial charge on any atom is -0.210 e. The summed E-state index contributed by atoms with van der Waals surface area (Å²) >= 11 is 0. The van der Waals surface area contributed by atoms with Crippen LogP contribution in [0.3, 0.4) is 0 Å². The van der Waals surface area contributed by atoms with Crippen molar-refractivity contribution in [1.82, 2.24) is 0 Å². The molecule has 0 atom stereocenters. The maximum Gasteiger partial charge on any atom is 1.00 e. The first kappa shape index (κ1) is 33.6. The Morgan fingerprint density at radius 2 is 0.500 bits per heavy atom. The zero-order valence-corrected chi connectivity index (χ0v) is 24.4. The predicted octanol–water partition coefficient (Wildman–Crippen LogP) is 2.97. The summed E-state index contributed by atoms with van der Waals surface area (Å²) in [6, 6.07) is -0.298. The Morgan fingerprint density at radius 1 is 0.333 bits per heavy atom. The van der Waals surface area contributed by atoms with Gasteiger partial charge in [-0.15, -0.1) is 21.9 Å². The van der Waals surface area contributed by atoms with Gasteiger partial charge in [-0.3, -0.25) is 0 Å². The standard InChI is InChI=1S/C28H16BF12.Na/c1-9-13(30)5-17(34)21(25(9)38)29(22-18(35)6-14(31)10(2)26(22)39,23-19(36)7-15(32)11(3)27(23)40)24-20(37)8-16(33)12(4)28(24)41;/h5-8H,1-4H3;/q-1;+1. The summed E-state index contributed by atoms with van der Waals surface area (Å²) in [5.41, 5.74) is -11.9. The molecule has 0 heterocycles. The molecule has 0 aliphatic heterocycles. The molecule has 0 aliphatic carbocycles. The van der Waals surface area contributed by atoms with Gasteiger partial charge in [0, 0.05) is 46.5 Å². The van der Waals surface area contributed by atoms with Crippen molar-refractivity contribution in [3.8, 4) is 0 Å². The molecular formula is C28H16BF12Na. The average Bonchev–Trinajstić information content (AvgIpc) is 2.87. The average molecular weight is 614 g/mol. The van der Waals surface area contributed by atoms with E-state index in [2.05, 4.69) is 0 Å². The van der Waals surface area contributed by atoms with Gasteiger partial charge in [-0.25, -0.2) is 52.7 Å². The predicted molar refractivity (Wildman–Crippen MR) is 129 cm³/mol. The van der Waals surface area contributed by atoms with Crippen molar-refractivity contribution in [3.63, 3.8) is 0 Å². The van der Waals surface area contributed by atoms with E-state index >= 15 is 35.1 Å².